The fraction of sp³-hybridized carbons (Fsp3) is 0.615. The van der Waals surface area contributed by atoms with Crippen molar-refractivity contribution in [3.8, 4) is 0 Å². The van der Waals surface area contributed by atoms with Crippen LogP contribution in [0.15, 0.2) is 5.38 Å². The third-order valence-corrected chi connectivity index (χ3v) is 3.60. The second-order valence-corrected chi connectivity index (χ2v) is 5.35. The van der Waals surface area contributed by atoms with Crippen molar-refractivity contribution in [1.29, 1.82) is 0 Å². The first-order chi connectivity index (χ1) is 7.06. The zero-order valence-electron chi connectivity index (χ0n) is 10.1. The van der Waals surface area contributed by atoms with Gasteiger partial charge in [-0.05, 0) is 42.2 Å². The van der Waals surface area contributed by atoms with E-state index in [4.69, 9.17) is 0 Å². The van der Waals surface area contributed by atoms with Crippen LogP contribution in [0, 0.1) is 5.92 Å². The quantitative estimate of drug-likeness (QED) is 0.688. The fourth-order valence-electron chi connectivity index (χ4n) is 1.85. The van der Waals surface area contributed by atoms with Crippen LogP contribution in [0.3, 0.4) is 0 Å². The van der Waals surface area contributed by atoms with Gasteiger partial charge in [0.05, 0.1) is 4.88 Å². The maximum absolute atomic E-state index is 11.5. The minimum absolute atomic E-state index is 0.221. The van der Waals surface area contributed by atoms with Gasteiger partial charge in [-0.15, -0.1) is 11.3 Å². The van der Waals surface area contributed by atoms with Gasteiger partial charge in [-0.25, -0.2) is 0 Å². The summed E-state index contributed by atoms with van der Waals surface area (Å²) in [5, 5.41) is 2.17. The molecule has 84 valence electrons. The molecule has 15 heavy (non-hydrogen) atoms. The van der Waals surface area contributed by atoms with Crippen LogP contribution in [0.2, 0.25) is 0 Å². The van der Waals surface area contributed by atoms with Crippen LogP contribution < -0.4 is 0 Å². The lowest BCUT2D eigenvalue weighted by Gasteiger charge is -2.07. The van der Waals surface area contributed by atoms with Crippen molar-refractivity contribution in [3.05, 3.63) is 21.4 Å². The first-order valence-electron chi connectivity index (χ1n) is 5.66. The van der Waals surface area contributed by atoms with E-state index >= 15 is 0 Å². The fourth-order valence-corrected chi connectivity index (χ4v) is 2.89. The summed E-state index contributed by atoms with van der Waals surface area (Å²) in [7, 11) is 0. The van der Waals surface area contributed by atoms with Crippen molar-refractivity contribution in [1.82, 2.24) is 0 Å². The molecule has 2 heteroatoms. The van der Waals surface area contributed by atoms with Crippen LogP contribution in [0.4, 0.5) is 0 Å². The average molecular weight is 224 g/mol. The van der Waals surface area contributed by atoms with Crippen LogP contribution in [0.5, 0.6) is 0 Å². The lowest BCUT2D eigenvalue weighted by Crippen LogP contribution is -2.00. The molecule has 0 atom stereocenters. The Labute approximate surface area is 96.5 Å². The Bertz CT molecular complexity index is 336. The van der Waals surface area contributed by atoms with Crippen LogP contribution in [0.25, 0.3) is 0 Å². The van der Waals surface area contributed by atoms with E-state index in [1.807, 2.05) is 0 Å². The second-order valence-electron chi connectivity index (χ2n) is 4.47. The van der Waals surface area contributed by atoms with E-state index in [1.165, 1.54) is 11.1 Å². The topological polar surface area (TPSA) is 17.1 Å². The van der Waals surface area contributed by atoms with E-state index in [1.54, 1.807) is 18.3 Å². The van der Waals surface area contributed by atoms with Crippen molar-refractivity contribution in [2.75, 3.05) is 0 Å². The summed E-state index contributed by atoms with van der Waals surface area (Å²) in [6, 6.07) is 0. The first kappa shape index (κ1) is 12.4. The number of hydrogen-bond donors (Lipinski definition) is 0. The van der Waals surface area contributed by atoms with Crippen LogP contribution in [-0.4, -0.2) is 5.78 Å². The van der Waals surface area contributed by atoms with E-state index in [0.29, 0.717) is 5.92 Å². The van der Waals surface area contributed by atoms with Gasteiger partial charge in [-0.3, -0.25) is 4.79 Å². The first-order valence-corrected chi connectivity index (χ1v) is 6.54. The van der Waals surface area contributed by atoms with E-state index in [-0.39, 0.29) is 5.78 Å². The molecular weight excluding hydrogens is 204 g/mol. The van der Waals surface area contributed by atoms with E-state index in [0.717, 1.165) is 24.1 Å². The Kier molecular flexibility index (Phi) is 4.52. The standard InChI is InChI=1S/C13H20OS/c1-5-6-12-11(7-9(2)3)8-15-13(12)10(4)14/h8-9H,5-7H2,1-4H3. The number of ketones is 1. The van der Waals surface area contributed by atoms with Crippen molar-refractivity contribution in [3.63, 3.8) is 0 Å². The predicted molar refractivity (Wildman–Crippen MR) is 66.9 cm³/mol. The minimum Gasteiger partial charge on any atom is -0.294 e. The van der Waals surface area contributed by atoms with E-state index in [9.17, 15) is 4.79 Å². The number of thiophene rings is 1. The van der Waals surface area contributed by atoms with Crippen LogP contribution in [-0.2, 0) is 12.8 Å². The van der Waals surface area contributed by atoms with Crippen molar-refractivity contribution in [2.45, 2.75) is 47.0 Å². The summed E-state index contributed by atoms with van der Waals surface area (Å²) in [4.78, 5) is 12.4. The molecule has 0 saturated carbocycles. The van der Waals surface area contributed by atoms with Gasteiger partial charge in [0.1, 0.15) is 0 Å². The molecule has 0 fully saturated rings. The summed E-state index contributed by atoms with van der Waals surface area (Å²) in [5.74, 6) is 0.883. The maximum atomic E-state index is 11.5. The molecule has 0 radical (unpaired) electrons. The zero-order chi connectivity index (χ0) is 11.4. The minimum atomic E-state index is 0.221. The Hall–Kier alpha value is -0.630. The lowest BCUT2D eigenvalue weighted by atomic mass is 9.97. The number of Topliss-reactive ketones (excluding diaryl/α,β-unsaturated/α-hetero) is 1. The van der Waals surface area contributed by atoms with Gasteiger partial charge in [-0.2, -0.15) is 0 Å². The molecule has 0 aromatic carbocycles. The van der Waals surface area contributed by atoms with Gasteiger partial charge in [0.15, 0.2) is 5.78 Å². The Morgan fingerprint density at radius 3 is 2.60 bits per heavy atom. The van der Waals surface area contributed by atoms with Crippen molar-refractivity contribution >= 4 is 17.1 Å². The highest BCUT2D eigenvalue weighted by atomic mass is 32.1. The molecule has 1 nitrogen and oxygen atoms in total. The second kappa shape index (κ2) is 5.45. The molecule has 0 unspecified atom stereocenters. The summed E-state index contributed by atoms with van der Waals surface area (Å²) < 4.78 is 0. The molecule has 0 spiro atoms. The number of carbonyl (C=O) groups excluding carboxylic acids is 1. The molecule has 0 amide bonds. The Morgan fingerprint density at radius 1 is 1.47 bits per heavy atom. The normalized spacial score (nSPS) is 11.0. The van der Waals surface area contributed by atoms with E-state index in [2.05, 4.69) is 26.2 Å². The third kappa shape index (κ3) is 3.16. The van der Waals surface area contributed by atoms with Gasteiger partial charge in [0, 0.05) is 0 Å². The molecule has 0 N–H and O–H groups in total. The van der Waals surface area contributed by atoms with Crippen LogP contribution >= 0.6 is 11.3 Å². The molecule has 1 rings (SSSR count). The van der Waals surface area contributed by atoms with E-state index < -0.39 is 0 Å². The Morgan fingerprint density at radius 2 is 2.13 bits per heavy atom. The molecular formula is C13H20OS. The van der Waals surface area contributed by atoms with Crippen molar-refractivity contribution in [2.24, 2.45) is 5.92 Å². The molecule has 0 aliphatic rings. The van der Waals surface area contributed by atoms with Crippen molar-refractivity contribution < 1.29 is 4.79 Å². The molecule has 1 aromatic heterocycles. The average Bonchev–Trinajstić information content (AvgIpc) is 2.48. The molecule has 1 aromatic rings. The zero-order valence-corrected chi connectivity index (χ0v) is 10.9. The van der Waals surface area contributed by atoms with Gasteiger partial charge in [0.2, 0.25) is 0 Å². The highest BCUT2D eigenvalue weighted by Crippen LogP contribution is 2.26. The number of hydrogen-bond acceptors (Lipinski definition) is 2. The smallest absolute Gasteiger partial charge is 0.169 e. The predicted octanol–water partition coefficient (Wildman–Crippen LogP) is 4.10. The summed E-state index contributed by atoms with van der Waals surface area (Å²) in [6.07, 6.45) is 3.25. The monoisotopic (exact) mass is 224 g/mol. The molecule has 0 saturated heterocycles. The Balaban J connectivity index is 3.00. The molecule has 0 bridgehead atoms. The van der Waals surface area contributed by atoms with Gasteiger partial charge < -0.3 is 0 Å². The maximum Gasteiger partial charge on any atom is 0.169 e. The largest absolute Gasteiger partial charge is 0.294 e. The van der Waals surface area contributed by atoms with Gasteiger partial charge >= 0.3 is 0 Å². The summed E-state index contributed by atoms with van der Waals surface area (Å²) in [6.45, 7) is 8.28. The molecule has 0 aliphatic heterocycles. The van der Waals surface area contributed by atoms with Crippen LogP contribution in [0.1, 0.15) is 54.9 Å². The SMILES string of the molecule is CCCc1c(CC(C)C)csc1C(C)=O. The molecule has 0 aliphatic carbocycles. The lowest BCUT2D eigenvalue weighted by molar-refractivity contribution is 0.102. The number of carbonyl (C=O) groups is 1. The molecule has 1 heterocycles. The van der Waals surface area contributed by atoms with Gasteiger partial charge in [-0.1, -0.05) is 27.2 Å². The van der Waals surface area contributed by atoms with Gasteiger partial charge in [0.25, 0.3) is 0 Å². The summed E-state index contributed by atoms with van der Waals surface area (Å²) >= 11 is 1.62. The number of rotatable bonds is 5. The highest BCUT2D eigenvalue weighted by molar-refractivity contribution is 7.12. The third-order valence-electron chi connectivity index (χ3n) is 2.43. The highest BCUT2D eigenvalue weighted by Gasteiger charge is 2.14. The summed E-state index contributed by atoms with van der Waals surface area (Å²) in [5.41, 5.74) is 2.70.